The number of benzene rings is 2. The molecule has 0 N–H and O–H groups in total. The third-order valence-corrected chi connectivity index (χ3v) is 6.49. The number of methoxy groups -OCH3 is 2. The van der Waals surface area contributed by atoms with E-state index in [1.54, 1.807) is 32.4 Å². The molecule has 3 amide bonds. The number of ether oxygens (including phenoxy) is 2. The first kappa shape index (κ1) is 21.9. The van der Waals surface area contributed by atoms with Crippen LogP contribution in [0.1, 0.15) is 55.9 Å². The summed E-state index contributed by atoms with van der Waals surface area (Å²) in [7, 11) is 4.76. The highest BCUT2D eigenvalue weighted by Crippen LogP contribution is 2.28. The van der Waals surface area contributed by atoms with Gasteiger partial charge >= 0.3 is 0 Å². The molecule has 2 aromatic rings. The summed E-state index contributed by atoms with van der Waals surface area (Å²) in [5, 5.41) is 0. The van der Waals surface area contributed by atoms with Gasteiger partial charge in [-0.25, -0.2) is 0 Å². The highest BCUT2D eigenvalue weighted by molar-refractivity contribution is 6.21. The van der Waals surface area contributed by atoms with Crippen molar-refractivity contribution in [2.45, 2.75) is 25.7 Å². The van der Waals surface area contributed by atoms with E-state index in [9.17, 15) is 14.4 Å². The van der Waals surface area contributed by atoms with Crippen LogP contribution in [0.15, 0.2) is 36.4 Å². The van der Waals surface area contributed by atoms with Crippen molar-refractivity contribution in [3.8, 4) is 11.5 Å². The van der Waals surface area contributed by atoms with Crippen LogP contribution in [-0.2, 0) is 6.42 Å². The molecule has 0 aromatic heterocycles. The Hall–Kier alpha value is -3.35. The number of carbonyl (C=O) groups is 3. The molecule has 7 heteroatoms. The number of imide groups is 1. The van der Waals surface area contributed by atoms with E-state index in [0.717, 1.165) is 42.1 Å². The molecule has 0 radical (unpaired) electrons. The number of carbonyl (C=O) groups excluding carboxylic acids is 3. The van der Waals surface area contributed by atoms with Crippen LogP contribution in [-0.4, -0.2) is 61.9 Å². The lowest BCUT2D eigenvalue weighted by molar-refractivity contribution is 0.0682. The summed E-state index contributed by atoms with van der Waals surface area (Å²) in [6, 6.07) is 10.7. The topological polar surface area (TPSA) is 76.2 Å². The van der Waals surface area contributed by atoms with Crippen molar-refractivity contribution in [2.75, 3.05) is 34.4 Å². The molecule has 2 heterocycles. The summed E-state index contributed by atoms with van der Waals surface area (Å²) in [4.78, 5) is 40.2. The molecule has 4 rings (SSSR count). The van der Waals surface area contributed by atoms with Gasteiger partial charge in [0, 0.05) is 31.8 Å². The van der Waals surface area contributed by atoms with Gasteiger partial charge in [0.15, 0.2) is 0 Å². The molecule has 2 aliphatic heterocycles. The second-order valence-corrected chi connectivity index (χ2v) is 8.42. The van der Waals surface area contributed by atoms with Crippen LogP contribution in [0.4, 0.5) is 0 Å². The first-order chi connectivity index (χ1) is 15.4. The van der Waals surface area contributed by atoms with E-state index in [-0.39, 0.29) is 17.7 Å². The van der Waals surface area contributed by atoms with Gasteiger partial charge < -0.3 is 14.4 Å². The summed E-state index contributed by atoms with van der Waals surface area (Å²) >= 11 is 0. The molecule has 0 spiro atoms. The second kappa shape index (κ2) is 9.02. The Bertz CT molecular complexity index is 1030. The summed E-state index contributed by atoms with van der Waals surface area (Å²) in [5.74, 6) is 1.37. The largest absolute Gasteiger partial charge is 0.497 e. The number of hydrogen-bond acceptors (Lipinski definition) is 5. The van der Waals surface area contributed by atoms with E-state index in [1.807, 2.05) is 23.1 Å². The minimum absolute atomic E-state index is 0.0846. The lowest BCUT2D eigenvalue weighted by atomic mass is 9.90. The molecule has 7 nitrogen and oxygen atoms in total. The van der Waals surface area contributed by atoms with Crippen LogP contribution in [0, 0.1) is 5.92 Å². The zero-order chi connectivity index (χ0) is 22.8. The van der Waals surface area contributed by atoms with Gasteiger partial charge in [-0.15, -0.1) is 0 Å². The standard InChI is InChI=1S/C25H28N2O5/c1-26-24(29)21-7-6-18(14-22(21)25(26)30)23(28)27-10-8-16(9-11-27)4-5-17-12-19(31-2)15-20(13-17)32-3/h6-7,12-16H,4-5,8-11H2,1-3H3. The fourth-order valence-corrected chi connectivity index (χ4v) is 4.48. The summed E-state index contributed by atoms with van der Waals surface area (Å²) in [6.45, 7) is 1.38. The molecule has 0 atom stereocenters. The Labute approximate surface area is 187 Å². The number of nitrogens with zero attached hydrogens (tertiary/aromatic N) is 2. The molecule has 2 aromatic carbocycles. The van der Waals surface area contributed by atoms with E-state index in [4.69, 9.17) is 9.47 Å². The van der Waals surface area contributed by atoms with E-state index in [0.29, 0.717) is 35.7 Å². The Morgan fingerprint density at radius 3 is 2.19 bits per heavy atom. The Morgan fingerprint density at radius 2 is 1.56 bits per heavy atom. The quantitative estimate of drug-likeness (QED) is 0.649. The van der Waals surface area contributed by atoms with Crippen molar-refractivity contribution in [3.05, 3.63) is 58.7 Å². The first-order valence-corrected chi connectivity index (χ1v) is 10.9. The molecule has 0 unspecified atom stereocenters. The third-order valence-electron chi connectivity index (χ3n) is 6.49. The summed E-state index contributed by atoms with van der Waals surface area (Å²) < 4.78 is 10.7. The van der Waals surface area contributed by atoms with E-state index < -0.39 is 0 Å². The van der Waals surface area contributed by atoms with Crippen LogP contribution < -0.4 is 9.47 Å². The average Bonchev–Trinajstić information content (AvgIpc) is 3.05. The number of fused-ring (bicyclic) bond motifs is 1. The summed E-state index contributed by atoms with van der Waals surface area (Å²) in [6.07, 6.45) is 3.86. The third kappa shape index (κ3) is 4.20. The van der Waals surface area contributed by atoms with Gasteiger partial charge in [0.1, 0.15) is 11.5 Å². The molecule has 0 bridgehead atoms. The number of piperidine rings is 1. The zero-order valence-corrected chi connectivity index (χ0v) is 18.7. The monoisotopic (exact) mass is 436 g/mol. The van der Waals surface area contributed by atoms with Crippen LogP contribution in [0.25, 0.3) is 0 Å². The smallest absolute Gasteiger partial charge is 0.261 e. The normalized spacial score (nSPS) is 16.3. The van der Waals surface area contributed by atoms with Gasteiger partial charge in [-0.3, -0.25) is 19.3 Å². The van der Waals surface area contributed by atoms with Crippen molar-refractivity contribution in [2.24, 2.45) is 5.92 Å². The van der Waals surface area contributed by atoms with Crippen molar-refractivity contribution < 1.29 is 23.9 Å². The van der Waals surface area contributed by atoms with Gasteiger partial charge in [0.25, 0.3) is 17.7 Å². The van der Waals surface area contributed by atoms with Crippen LogP contribution >= 0.6 is 0 Å². The molecule has 0 saturated carbocycles. The second-order valence-electron chi connectivity index (χ2n) is 8.42. The van der Waals surface area contributed by atoms with Gasteiger partial charge in [-0.05, 0) is 67.5 Å². The van der Waals surface area contributed by atoms with Crippen LogP contribution in [0.5, 0.6) is 11.5 Å². The molecule has 0 aliphatic carbocycles. The summed E-state index contributed by atoms with van der Waals surface area (Å²) in [5.41, 5.74) is 2.32. The van der Waals surface area contributed by atoms with Gasteiger partial charge in [-0.2, -0.15) is 0 Å². The lowest BCUT2D eigenvalue weighted by Gasteiger charge is -2.32. The molecule has 32 heavy (non-hydrogen) atoms. The average molecular weight is 437 g/mol. The highest BCUT2D eigenvalue weighted by Gasteiger charge is 2.34. The fourth-order valence-electron chi connectivity index (χ4n) is 4.48. The van der Waals surface area contributed by atoms with Crippen LogP contribution in [0.2, 0.25) is 0 Å². The van der Waals surface area contributed by atoms with Crippen molar-refractivity contribution in [1.29, 1.82) is 0 Å². The molecular formula is C25H28N2O5. The Kier molecular flexibility index (Phi) is 6.17. The van der Waals surface area contributed by atoms with Gasteiger partial charge in [0.2, 0.25) is 0 Å². The maximum absolute atomic E-state index is 13.0. The van der Waals surface area contributed by atoms with E-state index in [2.05, 4.69) is 0 Å². The first-order valence-electron chi connectivity index (χ1n) is 10.9. The maximum atomic E-state index is 13.0. The molecule has 1 fully saturated rings. The minimum atomic E-state index is -0.354. The number of amides is 3. The van der Waals surface area contributed by atoms with E-state index in [1.165, 1.54) is 12.6 Å². The minimum Gasteiger partial charge on any atom is -0.497 e. The molecule has 1 saturated heterocycles. The Balaban J connectivity index is 1.34. The highest BCUT2D eigenvalue weighted by atomic mass is 16.5. The van der Waals surface area contributed by atoms with Crippen LogP contribution in [0.3, 0.4) is 0 Å². The fraction of sp³-hybridized carbons (Fsp3) is 0.400. The van der Waals surface area contributed by atoms with E-state index >= 15 is 0 Å². The number of hydrogen-bond donors (Lipinski definition) is 0. The molecule has 168 valence electrons. The number of rotatable bonds is 6. The van der Waals surface area contributed by atoms with Crippen molar-refractivity contribution in [3.63, 3.8) is 0 Å². The van der Waals surface area contributed by atoms with Gasteiger partial charge in [0.05, 0.1) is 25.3 Å². The van der Waals surface area contributed by atoms with Crippen molar-refractivity contribution in [1.82, 2.24) is 9.80 Å². The SMILES string of the molecule is COc1cc(CCC2CCN(C(=O)c3ccc4c(c3)C(=O)N(C)C4=O)CC2)cc(OC)c1. The predicted molar refractivity (Wildman–Crippen MR) is 119 cm³/mol. The lowest BCUT2D eigenvalue weighted by Crippen LogP contribution is -2.38. The zero-order valence-electron chi connectivity index (χ0n) is 18.7. The molecular weight excluding hydrogens is 408 g/mol. The number of likely N-dealkylation sites (tertiary alicyclic amines) is 1. The predicted octanol–water partition coefficient (Wildman–Crippen LogP) is 3.41. The van der Waals surface area contributed by atoms with Crippen molar-refractivity contribution >= 4 is 17.7 Å². The Morgan fingerprint density at radius 1 is 0.938 bits per heavy atom. The number of aryl methyl sites for hydroxylation is 1. The van der Waals surface area contributed by atoms with Gasteiger partial charge in [-0.1, -0.05) is 0 Å². The maximum Gasteiger partial charge on any atom is 0.261 e. The molecule has 2 aliphatic rings.